The zero-order chi connectivity index (χ0) is 18.2. The topological polar surface area (TPSA) is 45.2 Å². The van der Waals surface area contributed by atoms with Crippen molar-refractivity contribution >= 4 is 28.8 Å². The molecule has 1 N–H and O–H groups in total. The maximum Gasteiger partial charge on any atom is 0.226 e. The van der Waals surface area contributed by atoms with Gasteiger partial charge in [-0.15, -0.1) is 11.3 Å². The van der Waals surface area contributed by atoms with Crippen LogP contribution in [-0.4, -0.2) is 42.0 Å². The fourth-order valence-corrected chi connectivity index (χ4v) is 4.40. The van der Waals surface area contributed by atoms with Crippen LogP contribution in [-0.2, 0) is 11.2 Å². The predicted octanol–water partition coefficient (Wildman–Crippen LogP) is 4.39. The first-order chi connectivity index (χ1) is 12.7. The quantitative estimate of drug-likeness (QED) is 0.712. The molecule has 1 fully saturated rings. The Morgan fingerprint density at radius 3 is 2.73 bits per heavy atom. The van der Waals surface area contributed by atoms with Gasteiger partial charge in [0.25, 0.3) is 0 Å². The number of amides is 1. The molecule has 4 nitrogen and oxygen atoms in total. The number of benzene rings is 1. The lowest BCUT2D eigenvalue weighted by atomic mass is 10.2. The number of carbonyl (C=O) groups excluding carboxylic acids is 1. The number of aromatic nitrogens is 1. The highest BCUT2D eigenvalue weighted by atomic mass is 35.5. The van der Waals surface area contributed by atoms with Crippen LogP contribution in [0.1, 0.15) is 37.8 Å². The number of halogens is 1. The third-order valence-corrected chi connectivity index (χ3v) is 5.92. The summed E-state index contributed by atoms with van der Waals surface area (Å²) < 4.78 is 0. The molecule has 2 heterocycles. The average molecular weight is 392 g/mol. The van der Waals surface area contributed by atoms with Gasteiger partial charge in [0.1, 0.15) is 5.01 Å². The van der Waals surface area contributed by atoms with Crippen LogP contribution in [0, 0.1) is 0 Å². The van der Waals surface area contributed by atoms with Gasteiger partial charge in [0.15, 0.2) is 0 Å². The molecule has 0 spiro atoms. The summed E-state index contributed by atoms with van der Waals surface area (Å²) in [7, 11) is 0. The molecule has 3 rings (SSSR count). The lowest BCUT2D eigenvalue weighted by molar-refractivity contribution is -0.120. The third-order valence-electron chi connectivity index (χ3n) is 4.67. The fraction of sp³-hybridized carbons (Fsp3) is 0.500. The van der Waals surface area contributed by atoms with Crippen molar-refractivity contribution in [3.8, 4) is 10.6 Å². The summed E-state index contributed by atoms with van der Waals surface area (Å²) in [6, 6.07) is 7.65. The maximum atomic E-state index is 12.1. The van der Waals surface area contributed by atoms with E-state index in [-0.39, 0.29) is 5.91 Å². The van der Waals surface area contributed by atoms with Crippen LogP contribution >= 0.6 is 22.9 Å². The Labute approximate surface area is 164 Å². The largest absolute Gasteiger partial charge is 0.356 e. The van der Waals surface area contributed by atoms with E-state index < -0.39 is 0 Å². The SMILES string of the molecule is O=C(Cc1csc(-c2ccccc2Cl)n1)NCCCN1CCCCCC1. The second kappa shape index (κ2) is 10.0. The minimum Gasteiger partial charge on any atom is -0.356 e. The van der Waals surface area contributed by atoms with Crippen molar-refractivity contribution in [1.82, 2.24) is 15.2 Å². The van der Waals surface area contributed by atoms with Crippen LogP contribution in [0.2, 0.25) is 5.02 Å². The van der Waals surface area contributed by atoms with Crippen LogP contribution < -0.4 is 5.32 Å². The molecule has 26 heavy (non-hydrogen) atoms. The smallest absolute Gasteiger partial charge is 0.226 e. The minimum absolute atomic E-state index is 0.0388. The van der Waals surface area contributed by atoms with Gasteiger partial charge in [0, 0.05) is 17.5 Å². The van der Waals surface area contributed by atoms with Crippen molar-refractivity contribution in [2.45, 2.75) is 38.5 Å². The van der Waals surface area contributed by atoms with Crippen LogP contribution in [0.25, 0.3) is 10.6 Å². The lowest BCUT2D eigenvalue weighted by Crippen LogP contribution is -2.31. The molecular formula is C20H26ClN3OS. The second-order valence-electron chi connectivity index (χ2n) is 6.76. The van der Waals surface area contributed by atoms with Crippen LogP contribution in [0.15, 0.2) is 29.6 Å². The molecule has 140 valence electrons. The van der Waals surface area contributed by atoms with Gasteiger partial charge in [-0.25, -0.2) is 4.98 Å². The van der Waals surface area contributed by atoms with Crippen molar-refractivity contribution in [2.24, 2.45) is 0 Å². The molecule has 0 atom stereocenters. The number of hydrogen-bond donors (Lipinski definition) is 1. The number of nitrogens with zero attached hydrogens (tertiary/aromatic N) is 2. The molecule has 1 aromatic heterocycles. The molecule has 6 heteroatoms. The molecule has 1 aliphatic rings. The van der Waals surface area contributed by atoms with E-state index in [0.717, 1.165) is 35.8 Å². The van der Waals surface area contributed by atoms with Gasteiger partial charge in [0.2, 0.25) is 5.91 Å². The monoisotopic (exact) mass is 391 g/mol. The zero-order valence-electron chi connectivity index (χ0n) is 15.0. The van der Waals surface area contributed by atoms with E-state index in [1.54, 1.807) is 0 Å². The summed E-state index contributed by atoms with van der Waals surface area (Å²) in [6.07, 6.45) is 6.67. The fourth-order valence-electron chi connectivity index (χ4n) is 3.26. The predicted molar refractivity (Wildman–Crippen MR) is 109 cm³/mol. The van der Waals surface area contributed by atoms with E-state index in [9.17, 15) is 4.79 Å². The van der Waals surface area contributed by atoms with Crippen molar-refractivity contribution in [3.63, 3.8) is 0 Å². The highest BCUT2D eigenvalue weighted by Crippen LogP contribution is 2.30. The molecule has 0 radical (unpaired) electrons. The summed E-state index contributed by atoms with van der Waals surface area (Å²) in [6.45, 7) is 4.22. The van der Waals surface area contributed by atoms with E-state index in [2.05, 4.69) is 15.2 Å². The van der Waals surface area contributed by atoms with Gasteiger partial charge >= 0.3 is 0 Å². The summed E-state index contributed by atoms with van der Waals surface area (Å²) in [4.78, 5) is 19.2. The van der Waals surface area contributed by atoms with E-state index >= 15 is 0 Å². The second-order valence-corrected chi connectivity index (χ2v) is 8.03. The van der Waals surface area contributed by atoms with Crippen LogP contribution in [0.5, 0.6) is 0 Å². The third kappa shape index (κ3) is 5.79. The normalized spacial score (nSPS) is 15.6. The Morgan fingerprint density at radius 1 is 1.19 bits per heavy atom. The Kier molecular flexibility index (Phi) is 7.47. The first-order valence-corrected chi connectivity index (χ1v) is 10.7. The Morgan fingerprint density at radius 2 is 1.96 bits per heavy atom. The summed E-state index contributed by atoms with van der Waals surface area (Å²) in [5.41, 5.74) is 1.72. The number of carbonyl (C=O) groups is 1. The molecule has 2 aromatic rings. The number of likely N-dealkylation sites (tertiary alicyclic amines) is 1. The van der Waals surface area contributed by atoms with E-state index in [4.69, 9.17) is 11.6 Å². The maximum absolute atomic E-state index is 12.1. The standard InChI is InChI=1S/C20H26ClN3OS/c21-18-9-4-3-8-17(18)20-23-16(15-26-20)14-19(25)22-10-7-13-24-11-5-1-2-6-12-24/h3-4,8-9,15H,1-2,5-7,10-14H2,(H,22,25). The van der Waals surface area contributed by atoms with Crippen LogP contribution in [0.3, 0.4) is 0 Å². The highest BCUT2D eigenvalue weighted by Gasteiger charge is 2.11. The molecular weight excluding hydrogens is 366 g/mol. The molecule has 0 bridgehead atoms. The Hall–Kier alpha value is -1.43. The molecule has 1 aromatic carbocycles. The summed E-state index contributed by atoms with van der Waals surface area (Å²) in [5.74, 6) is 0.0388. The number of thiazole rings is 1. The molecule has 0 saturated carbocycles. The first-order valence-electron chi connectivity index (χ1n) is 9.41. The molecule has 0 unspecified atom stereocenters. The van der Waals surface area contributed by atoms with E-state index in [1.165, 1.54) is 50.1 Å². The average Bonchev–Trinajstić information content (AvgIpc) is 2.93. The van der Waals surface area contributed by atoms with Crippen LogP contribution in [0.4, 0.5) is 0 Å². The number of hydrogen-bond acceptors (Lipinski definition) is 4. The molecule has 1 amide bonds. The van der Waals surface area contributed by atoms with Gasteiger partial charge in [-0.05, 0) is 45.0 Å². The van der Waals surface area contributed by atoms with Crippen molar-refractivity contribution in [3.05, 3.63) is 40.4 Å². The van der Waals surface area contributed by atoms with E-state index in [0.29, 0.717) is 11.4 Å². The Bertz CT molecular complexity index is 711. The number of rotatable bonds is 7. The van der Waals surface area contributed by atoms with Gasteiger partial charge in [0.05, 0.1) is 17.1 Å². The minimum atomic E-state index is 0.0388. The van der Waals surface area contributed by atoms with Gasteiger partial charge in [-0.2, -0.15) is 0 Å². The number of nitrogens with one attached hydrogen (secondary N) is 1. The molecule has 1 aliphatic heterocycles. The molecule has 0 aliphatic carbocycles. The zero-order valence-corrected chi connectivity index (χ0v) is 16.6. The van der Waals surface area contributed by atoms with Gasteiger partial charge < -0.3 is 10.2 Å². The van der Waals surface area contributed by atoms with Crippen molar-refractivity contribution < 1.29 is 4.79 Å². The summed E-state index contributed by atoms with van der Waals surface area (Å²) >= 11 is 7.74. The van der Waals surface area contributed by atoms with Crippen molar-refractivity contribution in [1.29, 1.82) is 0 Å². The summed E-state index contributed by atoms with van der Waals surface area (Å²) in [5, 5.41) is 6.51. The molecule has 1 saturated heterocycles. The first kappa shape index (κ1) is 19.3. The van der Waals surface area contributed by atoms with E-state index in [1.807, 2.05) is 29.6 Å². The van der Waals surface area contributed by atoms with Crippen molar-refractivity contribution in [2.75, 3.05) is 26.2 Å². The van der Waals surface area contributed by atoms with Gasteiger partial charge in [-0.1, -0.05) is 42.6 Å². The highest BCUT2D eigenvalue weighted by molar-refractivity contribution is 7.13. The Balaban J connectivity index is 1.40. The van der Waals surface area contributed by atoms with Gasteiger partial charge in [-0.3, -0.25) is 4.79 Å². The lowest BCUT2D eigenvalue weighted by Gasteiger charge is -2.19.